The van der Waals surface area contributed by atoms with Crippen LogP contribution in [0.3, 0.4) is 0 Å². The lowest BCUT2D eigenvalue weighted by Crippen LogP contribution is -2.29. The molecule has 126 valence electrons. The largest absolute Gasteiger partial charge is 0.496 e. The van der Waals surface area contributed by atoms with Crippen molar-refractivity contribution in [3.63, 3.8) is 0 Å². The molecule has 0 heterocycles. The highest BCUT2D eigenvalue weighted by Gasteiger charge is 2.08. The molecule has 0 aliphatic rings. The molecule has 24 heavy (non-hydrogen) atoms. The van der Waals surface area contributed by atoms with Crippen LogP contribution in [0.25, 0.3) is 0 Å². The van der Waals surface area contributed by atoms with Gasteiger partial charge in [-0.2, -0.15) is 0 Å². The minimum absolute atomic E-state index is 0.400. The summed E-state index contributed by atoms with van der Waals surface area (Å²) in [6, 6.07) is 10.8. The standard InChI is InChI=1S/C18H20N2O4/c1-11-8-15(9-12(2)17(11)24-3)20-14-6-4-13(5-7-14)18(23)19-10-16(21)22/h4-9,20H,10H2,1-3H3,(H,19,23)(H,21,22). The van der Waals surface area contributed by atoms with Gasteiger partial charge in [0.15, 0.2) is 0 Å². The molecule has 0 atom stereocenters. The Morgan fingerprint density at radius 1 is 1.04 bits per heavy atom. The Bertz CT molecular complexity index is 731. The monoisotopic (exact) mass is 328 g/mol. The average Bonchev–Trinajstić information content (AvgIpc) is 2.53. The number of aliphatic carboxylic acids is 1. The van der Waals surface area contributed by atoms with Gasteiger partial charge >= 0.3 is 5.97 Å². The van der Waals surface area contributed by atoms with Crippen LogP contribution in [-0.2, 0) is 4.79 Å². The summed E-state index contributed by atoms with van der Waals surface area (Å²) >= 11 is 0. The van der Waals surface area contributed by atoms with Crippen molar-refractivity contribution in [2.75, 3.05) is 19.0 Å². The molecule has 0 aliphatic heterocycles. The zero-order valence-electron chi connectivity index (χ0n) is 13.8. The normalized spacial score (nSPS) is 10.1. The summed E-state index contributed by atoms with van der Waals surface area (Å²) < 4.78 is 5.35. The maximum absolute atomic E-state index is 11.8. The number of carboxylic acids is 1. The van der Waals surface area contributed by atoms with E-state index in [0.29, 0.717) is 5.56 Å². The fourth-order valence-electron chi connectivity index (χ4n) is 2.47. The number of benzene rings is 2. The molecule has 0 spiro atoms. The first kappa shape index (κ1) is 17.3. The molecule has 0 radical (unpaired) electrons. The van der Waals surface area contributed by atoms with Crippen LogP contribution >= 0.6 is 0 Å². The highest BCUT2D eigenvalue weighted by molar-refractivity contribution is 5.96. The third kappa shape index (κ3) is 4.25. The molecule has 3 N–H and O–H groups in total. The van der Waals surface area contributed by atoms with Gasteiger partial charge in [-0.15, -0.1) is 0 Å². The number of hydrogen-bond donors (Lipinski definition) is 3. The van der Waals surface area contributed by atoms with E-state index in [-0.39, 0.29) is 0 Å². The van der Waals surface area contributed by atoms with Crippen molar-refractivity contribution in [3.05, 3.63) is 53.1 Å². The highest BCUT2D eigenvalue weighted by atomic mass is 16.5. The number of carbonyl (C=O) groups is 2. The molecule has 0 aliphatic carbocycles. The molecule has 0 saturated heterocycles. The van der Waals surface area contributed by atoms with Crippen LogP contribution in [0.1, 0.15) is 21.5 Å². The Kier molecular flexibility index (Phi) is 5.42. The number of amides is 1. The lowest BCUT2D eigenvalue weighted by molar-refractivity contribution is -0.135. The maximum atomic E-state index is 11.8. The van der Waals surface area contributed by atoms with Gasteiger partial charge in [0, 0.05) is 16.9 Å². The SMILES string of the molecule is COc1c(C)cc(Nc2ccc(C(=O)NCC(=O)O)cc2)cc1C. The average molecular weight is 328 g/mol. The highest BCUT2D eigenvalue weighted by Crippen LogP contribution is 2.28. The molecule has 1 amide bonds. The van der Waals surface area contributed by atoms with E-state index in [1.165, 1.54) is 0 Å². The van der Waals surface area contributed by atoms with E-state index in [9.17, 15) is 9.59 Å². The maximum Gasteiger partial charge on any atom is 0.322 e. The van der Waals surface area contributed by atoms with E-state index in [1.807, 2.05) is 26.0 Å². The van der Waals surface area contributed by atoms with Crippen LogP contribution in [0, 0.1) is 13.8 Å². The Hall–Kier alpha value is -3.02. The van der Waals surface area contributed by atoms with E-state index >= 15 is 0 Å². The molecule has 0 aromatic heterocycles. The number of ether oxygens (including phenoxy) is 1. The number of methoxy groups -OCH3 is 1. The molecule has 2 rings (SSSR count). The summed E-state index contributed by atoms with van der Waals surface area (Å²) in [5.41, 5.74) is 4.22. The number of anilines is 2. The molecule has 0 unspecified atom stereocenters. The number of carbonyl (C=O) groups excluding carboxylic acids is 1. The molecular weight excluding hydrogens is 308 g/mol. The fraction of sp³-hybridized carbons (Fsp3) is 0.222. The fourth-order valence-corrected chi connectivity index (χ4v) is 2.47. The molecule has 6 nitrogen and oxygen atoms in total. The molecular formula is C18H20N2O4. The van der Waals surface area contributed by atoms with Crippen LogP contribution < -0.4 is 15.4 Å². The summed E-state index contributed by atoms with van der Waals surface area (Å²) in [6.07, 6.45) is 0. The van der Waals surface area contributed by atoms with E-state index in [2.05, 4.69) is 10.6 Å². The quantitative estimate of drug-likeness (QED) is 0.759. The number of hydrogen-bond acceptors (Lipinski definition) is 4. The summed E-state index contributed by atoms with van der Waals surface area (Å²) in [5.74, 6) is -0.627. The Balaban J connectivity index is 2.09. The predicted octanol–water partition coefficient (Wildman–Crippen LogP) is 2.87. The van der Waals surface area contributed by atoms with Gasteiger partial charge in [-0.1, -0.05) is 0 Å². The van der Waals surface area contributed by atoms with Gasteiger partial charge in [0.2, 0.25) is 0 Å². The van der Waals surface area contributed by atoms with Crippen LogP contribution in [0.2, 0.25) is 0 Å². The lowest BCUT2D eigenvalue weighted by Gasteiger charge is -2.13. The smallest absolute Gasteiger partial charge is 0.322 e. The van der Waals surface area contributed by atoms with Crippen LogP contribution in [0.15, 0.2) is 36.4 Å². The van der Waals surface area contributed by atoms with Gasteiger partial charge in [0.05, 0.1) is 7.11 Å². The lowest BCUT2D eigenvalue weighted by atomic mass is 10.1. The van der Waals surface area contributed by atoms with E-state index in [1.54, 1.807) is 31.4 Å². The number of nitrogens with one attached hydrogen (secondary N) is 2. The van der Waals surface area contributed by atoms with Crippen molar-refractivity contribution in [3.8, 4) is 5.75 Å². The molecule has 0 fully saturated rings. The van der Waals surface area contributed by atoms with E-state index < -0.39 is 18.4 Å². The zero-order chi connectivity index (χ0) is 17.7. The zero-order valence-corrected chi connectivity index (χ0v) is 13.8. The van der Waals surface area contributed by atoms with Gasteiger partial charge in [-0.25, -0.2) is 0 Å². The summed E-state index contributed by atoms with van der Waals surface area (Å²) in [6.45, 7) is 3.56. The van der Waals surface area contributed by atoms with E-state index in [4.69, 9.17) is 9.84 Å². The summed E-state index contributed by atoms with van der Waals surface area (Å²) in [5, 5.41) is 14.2. The third-order valence-corrected chi connectivity index (χ3v) is 3.50. The Labute approximate surface area is 140 Å². The van der Waals surface area contributed by atoms with Crippen molar-refractivity contribution >= 4 is 23.3 Å². The van der Waals surface area contributed by atoms with Crippen LogP contribution in [-0.4, -0.2) is 30.6 Å². The van der Waals surface area contributed by atoms with Gasteiger partial charge < -0.3 is 20.5 Å². The second kappa shape index (κ2) is 7.50. The van der Waals surface area contributed by atoms with Crippen molar-refractivity contribution in [1.82, 2.24) is 5.32 Å². The minimum Gasteiger partial charge on any atom is -0.496 e. The van der Waals surface area contributed by atoms with Crippen molar-refractivity contribution in [2.24, 2.45) is 0 Å². The summed E-state index contributed by atoms with van der Waals surface area (Å²) in [4.78, 5) is 22.2. The summed E-state index contributed by atoms with van der Waals surface area (Å²) in [7, 11) is 1.65. The topological polar surface area (TPSA) is 87.7 Å². The minimum atomic E-state index is -1.08. The molecule has 0 bridgehead atoms. The van der Waals surface area contributed by atoms with Crippen molar-refractivity contribution in [1.29, 1.82) is 0 Å². The predicted molar refractivity (Wildman–Crippen MR) is 92.2 cm³/mol. The molecule has 0 saturated carbocycles. The number of rotatable bonds is 6. The van der Waals surface area contributed by atoms with Gasteiger partial charge in [0.1, 0.15) is 12.3 Å². The first-order chi connectivity index (χ1) is 11.4. The first-order valence-electron chi connectivity index (χ1n) is 7.43. The van der Waals surface area contributed by atoms with E-state index in [0.717, 1.165) is 28.3 Å². The number of aryl methyl sites for hydroxylation is 2. The van der Waals surface area contributed by atoms with Gasteiger partial charge in [-0.3, -0.25) is 9.59 Å². The number of carboxylic acid groups (broad SMARTS) is 1. The molecule has 6 heteroatoms. The van der Waals surface area contributed by atoms with Crippen molar-refractivity contribution in [2.45, 2.75) is 13.8 Å². The Morgan fingerprint density at radius 2 is 1.62 bits per heavy atom. The van der Waals surface area contributed by atoms with Crippen LogP contribution in [0.5, 0.6) is 5.75 Å². The van der Waals surface area contributed by atoms with Crippen LogP contribution in [0.4, 0.5) is 11.4 Å². The van der Waals surface area contributed by atoms with Gasteiger partial charge in [-0.05, 0) is 61.4 Å². The third-order valence-electron chi connectivity index (χ3n) is 3.50. The molecule has 2 aromatic rings. The van der Waals surface area contributed by atoms with Crippen molar-refractivity contribution < 1.29 is 19.4 Å². The second-order valence-corrected chi connectivity index (χ2v) is 5.42. The van der Waals surface area contributed by atoms with Gasteiger partial charge in [0.25, 0.3) is 5.91 Å². The second-order valence-electron chi connectivity index (χ2n) is 5.42. The first-order valence-corrected chi connectivity index (χ1v) is 7.43. The molecule has 2 aromatic carbocycles. The Morgan fingerprint density at radius 3 is 2.12 bits per heavy atom.